The average molecular weight is 574 g/mol. The number of halogens is 3. The zero-order valence-electron chi connectivity index (χ0n) is 20.4. The van der Waals surface area contributed by atoms with Crippen LogP contribution in [-0.2, 0) is 15.8 Å². The van der Waals surface area contributed by atoms with Gasteiger partial charge >= 0.3 is 11.9 Å². The molecular weight excluding hydrogens is 555 g/mol. The Hall–Kier alpha value is -4.85. The van der Waals surface area contributed by atoms with Gasteiger partial charge in [-0.05, 0) is 60.3 Å². The van der Waals surface area contributed by atoms with Crippen molar-refractivity contribution in [3.8, 4) is 17.2 Å². The van der Waals surface area contributed by atoms with E-state index in [4.69, 9.17) is 9.47 Å². The summed E-state index contributed by atoms with van der Waals surface area (Å²) in [4.78, 5) is 49.0. The number of carbonyl (C=O) groups excluding carboxylic acids is 3. The van der Waals surface area contributed by atoms with Crippen molar-refractivity contribution >= 4 is 46.3 Å². The normalized spacial score (nSPS) is 14.4. The van der Waals surface area contributed by atoms with Gasteiger partial charge in [0.2, 0.25) is 11.7 Å². The standard InChI is InChI=1S/C26H18F3N3O7S/c1-38-18-9-7-17(8-10-18)30-23(33)14-31-24(34)22(40-25(31)35)12-15-4-2-3-5-20(15)39-21-11-6-16(26(27,28)29)13-19(21)32(36)37/h2-13H,14H2,1H3,(H,30,33)/b22-12+. The molecular formula is C26H18F3N3O7S. The molecule has 0 aliphatic carbocycles. The number of alkyl halides is 3. The molecule has 1 heterocycles. The molecule has 0 unspecified atom stereocenters. The Labute approximate surface area is 228 Å². The highest BCUT2D eigenvalue weighted by Gasteiger charge is 2.37. The van der Waals surface area contributed by atoms with Gasteiger partial charge in [-0.15, -0.1) is 0 Å². The van der Waals surface area contributed by atoms with Gasteiger partial charge in [-0.25, -0.2) is 0 Å². The molecule has 0 saturated carbocycles. The van der Waals surface area contributed by atoms with Crippen LogP contribution in [0.1, 0.15) is 11.1 Å². The van der Waals surface area contributed by atoms with E-state index in [2.05, 4.69) is 5.32 Å². The fourth-order valence-corrected chi connectivity index (χ4v) is 4.36. The second kappa shape index (κ2) is 11.5. The number of nitrogens with one attached hydrogen (secondary N) is 1. The SMILES string of the molecule is COc1ccc(NC(=O)CN2C(=O)S/C(=C/c3ccccc3Oc3ccc(C(F)(F)F)cc3[N+](=O)[O-])C2=O)cc1. The minimum absolute atomic E-state index is 0.0191. The number of benzene rings is 3. The summed E-state index contributed by atoms with van der Waals surface area (Å²) in [5.41, 5.74) is -1.49. The number of amides is 3. The zero-order chi connectivity index (χ0) is 29.0. The molecule has 1 saturated heterocycles. The number of nitro groups is 1. The van der Waals surface area contributed by atoms with Crippen LogP contribution in [0.4, 0.5) is 29.3 Å². The van der Waals surface area contributed by atoms with E-state index < -0.39 is 51.7 Å². The van der Waals surface area contributed by atoms with Crippen molar-refractivity contribution in [3.05, 3.63) is 92.9 Å². The number of ether oxygens (including phenoxy) is 2. The summed E-state index contributed by atoms with van der Waals surface area (Å²) in [7, 11) is 1.49. The molecule has 0 aromatic heterocycles. The minimum atomic E-state index is -4.80. The Morgan fingerprint density at radius 3 is 2.42 bits per heavy atom. The lowest BCUT2D eigenvalue weighted by atomic mass is 10.1. The molecule has 0 radical (unpaired) electrons. The van der Waals surface area contributed by atoms with Crippen LogP contribution in [0, 0.1) is 10.1 Å². The Balaban J connectivity index is 1.53. The van der Waals surface area contributed by atoms with E-state index in [1.807, 2.05) is 0 Å². The van der Waals surface area contributed by atoms with Crippen molar-refractivity contribution in [1.29, 1.82) is 0 Å². The minimum Gasteiger partial charge on any atom is -0.497 e. The van der Waals surface area contributed by atoms with Gasteiger partial charge < -0.3 is 14.8 Å². The largest absolute Gasteiger partial charge is 0.497 e. The molecule has 40 heavy (non-hydrogen) atoms. The van der Waals surface area contributed by atoms with Crippen molar-refractivity contribution in [2.75, 3.05) is 19.0 Å². The first-order valence-electron chi connectivity index (χ1n) is 11.3. The summed E-state index contributed by atoms with van der Waals surface area (Å²) < 4.78 is 49.7. The summed E-state index contributed by atoms with van der Waals surface area (Å²) in [5, 5.41) is 13.3. The molecule has 3 amide bonds. The lowest BCUT2D eigenvalue weighted by molar-refractivity contribution is -0.385. The summed E-state index contributed by atoms with van der Waals surface area (Å²) >= 11 is 0.571. The molecule has 10 nitrogen and oxygen atoms in total. The van der Waals surface area contributed by atoms with Crippen molar-refractivity contribution in [3.63, 3.8) is 0 Å². The van der Waals surface area contributed by atoms with E-state index in [9.17, 15) is 37.7 Å². The summed E-state index contributed by atoms with van der Waals surface area (Å²) in [6.07, 6.45) is -3.51. The van der Waals surface area contributed by atoms with E-state index in [-0.39, 0.29) is 16.2 Å². The number of para-hydroxylation sites is 1. The van der Waals surface area contributed by atoms with Crippen molar-refractivity contribution in [1.82, 2.24) is 4.90 Å². The lowest BCUT2D eigenvalue weighted by Crippen LogP contribution is -2.36. The Morgan fingerprint density at radius 1 is 1.07 bits per heavy atom. The number of methoxy groups -OCH3 is 1. The van der Waals surface area contributed by atoms with Gasteiger partial charge in [-0.1, -0.05) is 18.2 Å². The summed E-state index contributed by atoms with van der Waals surface area (Å²) in [6.45, 7) is -0.552. The van der Waals surface area contributed by atoms with E-state index >= 15 is 0 Å². The number of rotatable bonds is 8. The number of thioether (sulfide) groups is 1. The summed E-state index contributed by atoms with van der Waals surface area (Å²) in [5.74, 6) is -1.27. The molecule has 1 N–H and O–H groups in total. The van der Waals surface area contributed by atoms with Gasteiger partial charge in [0.05, 0.1) is 22.5 Å². The van der Waals surface area contributed by atoms with Crippen LogP contribution in [0.3, 0.4) is 0 Å². The molecule has 1 aliphatic rings. The van der Waals surface area contributed by atoms with Crippen molar-refractivity contribution < 1.29 is 42.0 Å². The fraction of sp³-hybridized carbons (Fsp3) is 0.115. The van der Waals surface area contributed by atoms with E-state index in [0.717, 1.165) is 11.0 Å². The van der Waals surface area contributed by atoms with Crippen molar-refractivity contribution in [2.45, 2.75) is 6.18 Å². The van der Waals surface area contributed by atoms with Gasteiger partial charge in [0.25, 0.3) is 11.1 Å². The molecule has 0 spiro atoms. The third kappa shape index (κ3) is 6.40. The maximum absolute atomic E-state index is 13.0. The van der Waals surface area contributed by atoms with Crippen LogP contribution in [0.25, 0.3) is 6.08 Å². The first kappa shape index (κ1) is 28.2. The Kier molecular flexibility index (Phi) is 8.09. The van der Waals surface area contributed by atoms with Gasteiger partial charge in [0.15, 0.2) is 0 Å². The number of anilines is 1. The van der Waals surface area contributed by atoms with Crippen LogP contribution in [0.5, 0.6) is 17.2 Å². The number of hydrogen-bond acceptors (Lipinski definition) is 8. The predicted molar refractivity (Wildman–Crippen MR) is 139 cm³/mol. The van der Waals surface area contributed by atoms with Gasteiger partial charge in [-0.2, -0.15) is 13.2 Å². The number of carbonyl (C=O) groups is 3. The topological polar surface area (TPSA) is 128 Å². The van der Waals surface area contributed by atoms with Crippen LogP contribution in [0.15, 0.2) is 71.6 Å². The smallest absolute Gasteiger partial charge is 0.416 e. The highest BCUT2D eigenvalue weighted by Crippen LogP contribution is 2.40. The molecule has 14 heteroatoms. The number of nitrogens with zero attached hydrogens (tertiary/aromatic N) is 2. The Bertz CT molecular complexity index is 1520. The second-order valence-corrected chi connectivity index (χ2v) is 9.11. The van der Waals surface area contributed by atoms with Gasteiger partial charge in [0.1, 0.15) is 18.0 Å². The first-order valence-corrected chi connectivity index (χ1v) is 12.1. The third-order valence-electron chi connectivity index (χ3n) is 5.46. The molecule has 206 valence electrons. The molecule has 0 atom stereocenters. The van der Waals surface area contributed by atoms with Crippen molar-refractivity contribution in [2.24, 2.45) is 0 Å². The molecule has 3 aromatic rings. The highest BCUT2D eigenvalue weighted by atomic mass is 32.2. The molecule has 0 bridgehead atoms. The Morgan fingerprint density at radius 2 is 1.77 bits per heavy atom. The first-order chi connectivity index (χ1) is 19.0. The monoisotopic (exact) mass is 573 g/mol. The highest BCUT2D eigenvalue weighted by molar-refractivity contribution is 8.18. The molecule has 1 aliphatic heterocycles. The van der Waals surface area contributed by atoms with Crippen LogP contribution in [-0.4, -0.2) is 40.5 Å². The number of imide groups is 1. The summed E-state index contributed by atoms with van der Waals surface area (Å²) in [6, 6.07) is 14.2. The van der Waals surface area contributed by atoms with Crippen LogP contribution >= 0.6 is 11.8 Å². The maximum Gasteiger partial charge on any atom is 0.416 e. The lowest BCUT2D eigenvalue weighted by Gasteiger charge is -2.13. The molecule has 3 aromatic carbocycles. The predicted octanol–water partition coefficient (Wildman–Crippen LogP) is 6.09. The van der Waals surface area contributed by atoms with E-state index in [1.54, 1.807) is 30.3 Å². The zero-order valence-corrected chi connectivity index (χ0v) is 21.2. The van der Waals surface area contributed by atoms with Gasteiger partial charge in [-0.3, -0.25) is 29.4 Å². The third-order valence-corrected chi connectivity index (χ3v) is 6.36. The number of nitro benzene ring substituents is 1. The average Bonchev–Trinajstić information content (AvgIpc) is 3.16. The van der Waals surface area contributed by atoms with E-state index in [0.29, 0.717) is 35.3 Å². The molecule has 1 fully saturated rings. The van der Waals surface area contributed by atoms with Gasteiger partial charge in [0, 0.05) is 17.3 Å². The second-order valence-electron chi connectivity index (χ2n) is 8.12. The van der Waals surface area contributed by atoms with E-state index in [1.165, 1.54) is 31.4 Å². The maximum atomic E-state index is 13.0. The quantitative estimate of drug-likeness (QED) is 0.195. The van der Waals surface area contributed by atoms with Crippen LogP contribution < -0.4 is 14.8 Å². The molecule has 4 rings (SSSR count). The fourth-order valence-electron chi connectivity index (χ4n) is 3.53. The van der Waals surface area contributed by atoms with Crippen LogP contribution in [0.2, 0.25) is 0 Å². The number of hydrogen-bond donors (Lipinski definition) is 1.